The van der Waals surface area contributed by atoms with Gasteiger partial charge in [0, 0.05) is 24.7 Å². The molecule has 1 aromatic rings. The minimum absolute atomic E-state index is 0.00152. The van der Waals surface area contributed by atoms with Gasteiger partial charge in [-0.05, 0) is 25.0 Å². The second-order valence-corrected chi connectivity index (χ2v) is 6.29. The SMILES string of the molecule is O=C(NC1CNC1)[C@@H]1CC[C@H](c2c(O)ccc(Cl)c2Cl)N1. The van der Waals surface area contributed by atoms with Crippen LogP contribution < -0.4 is 16.0 Å². The van der Waals surface area contributed by atoms with E-state index in [4.69, 9.17) is 23.2 Å². The van der Waals surface area contributed by atoms with Crippen molar-refractivity contribution in [1.82, 2.24) is 16.0 Å². The Morgan fingerprint density at radius 1 is 1.29 bits per heavy atom. The summed E-state index contributed by atoms with van der Waals surface area (Å²) in [5.74, 6) is 0.104. The highest BCUT2D eigenvalue weighted by molar-refractivity contribution is 6.42. The van der Waals surface area contributed by atoms with E-state index in [1.54, 1.807) is 6.07 Å². The molecule has 3 rings (SSSR count). The second-order valence-electron chi connectivity index (χ2n) is 5.51. The molecule has 1 aromatic carbocycles. The largest absolute Gasteiger partial charge is 0.508 e. The summed E-state index contributed by atoms with van der Waals surface area (Å²) in [6.07, 6.45) is 1.44. The van der Waals surface area contributed by atoms with Gasteiger partial charge in [-0.1, -0.05) is 23.2 Å². The summed E-state index contributed by atoms with van der Waals surface area (Å²) in [4.78, 5) is 12.1. The molecule has 0 aliphatic carbocycles. The number of rotatable bonds is 3. The van der Waals surface area contributed by atoms with Gasteiger partial charge in [0.2, 0.25) is 5.91 Å². The maximum Gasteiger partial charge on any atom is 0.237 e. The first-order valence-corrected chi connectivity index (χ1v) is 7.76. The Morgan fingerprint density at radius 3 is 2.71 bits per heavy atom. The summed E-state index contributed by atoms with van der Waals surface area (Å²) < 4.78 is 0. The van der Waals surface area contributed by atoms with Gasteiger partial charge >= 0.3 is 0 Å². The highest BCUT2D eigenvalue weighted by Gasteiger charge is 2.34. The highest BCUT2D eigenvalue weighted by atomic mass is 35.5. The van der Waals surface area contributed by atoms with E-state index in [1.807, 2.05) is 0 Å². The van der Waals surface area contributed by atoms with Crippen molar-refractivity contribution in [3.63, 3.8) is 0 Å². The van der Waals surface area contributed by atoms with Crippen LogP contribution in [0.15, 0.2) is 12.1 Å². The van der Waals surface area contributed by atoms with Gasteiger partial charge in [-0.15, -0.1) is 0 Å². The van der Waals surface area contributed by atoms with Crippen LogP contribution in [-0.2, 0) is 4.79 Å². The van der Waals surface area contributed by atoms with E-state index in [1.165, 1.54) is 6.07 Å². The molecule has 2 saturated heterocycles. The Labute approximate surface area is 133 Å². The van der Waals surface area contributed by atoms with Crippen LogP contribution in [-0.4, -0.2) is 36.2 Å². The van der Waals surface area contributed by atoms with Crippen molar-refractivity contribution < 1.29 is 9.90 Å². The van der Waals surface area contributed by atoms with Gasteiger partial charge in [0.05, 0.1) is 22.1 Å². The molecule has 7 heteroatoms. The van der Waals surface area contributed by atoms with Crippen LogP contribution in [0.2, 0.25) is 10.0 Å². The highest BCUT2D eigenvalue weighted by Crippen LogP contribution is 2.40. The van der Waals surface area contributed by atoms with Gasteiger partial charge in [0.15, 0.2) is 0 Å². The summed E-state index contributed by atoms with van der Waals surface area (Å²) in [7, 11) is 0. The van der Waals surface area contributed by atoms with Crippen molar-refractivity contribution in [1.29, 1.82) is 0 Å². The van der Waals surface area contributed by atoms with Crippen LogP contribution >= 0.6 is 23.2 Å². The van der Waals surface area contributed by atoms with Gasteiger partial charge in [0.1, 0.15) is 5.75 Å². The number of carbonyl (C=O) groups is 1. The molecule has 0 radical (unpaired) electrons. The number of amides is 1. The lowest BCUT2D eigenvalue weighted by atomic mass is 10.0. The fourth-order valence-electron chi connectivity index (χ4n) is 2.76. The Bertz CT molecular complexity index is 563. The molecular weight excluding hydrogens is 313 g/mol. The monoisotopic (exact) mass is 329 g/mol. The Morgan fingerprint density at radius 2 is 2.05 bits per heavy atom. The summed E-state index contributed by atoms with van der Waals surface area (Å²) in [5, 5.41) is 20.1. The van der Waals surface area contributed by atoms with Crippen LogP contribution in [0.4, 0.5) is 0 Å². The Hall–Kier alpha value is -1.01. The van der Waals surface area contributed by atoms with Crippen molar-refractivity contribution in [2.45, 2.75) is 31.0 Å². The predicted octanol–water partition coefficient (Wildman–Crippen LogP) is 1.58. The smallest absolute Gasteiger partial charge is 0.237 e. The second kappa shape index (κ2) is 6.01. The van der Waals surface area contributed by atoms with Crippen molar-refractivity contribution in [3.8, 4) is 5.75 Å². The Balaban J connectivity index is 1.69. The average molecular weight is 330 g/mol. The lowest BCUT2D eigenvalue weighted by Crippen LogP contribution is -2.59. The molecule has 2 aliphatic heterocycles. The molecule has 2 atom stereocenters. The molecule has 0 bridgehead atoms. The van der Waals surface area contributed by atoms with E-state index in [9.17, 15) is 9.90 Å². The van der Waals surface area contributed by atoms with Gasteiger partial charge in [-0.2, -0.15) is 0 Å². The number of carbonyl (C=O) groups excluding carboxylic acids is 1. The van der Waals surface area contributed by atoms with Crippen LogP contribution in [0.3, 0.4) is 0 Å². The molecule has 2 heterocycles. The zero-order chi connectivity index (χ0) is 15.0. The number of hydrogen-bond acceptors (Lipinski definition) is 4. The number of phenolic OH excluding ortho intramolecular Hbond substituents is 1. The number of aromatic hydroxyl groups is 1. The Kier molecular flexibility index (Phi) is 4.26. The van der Waals surface area contributed by atoms with E-state index in [0.29, 0.717) is 22.0 Å². The zero-order valence-corrected chi connectivity index (χ0v) is 12.8. The maximum atomic E-state index is 12.1. The van der Waals surface area contributed by atoms with Crippen molar-refractivity contribution >= 4 is 29.1 Å². The van der Waals surface area contributed by atoms with Gasteiger partial charge in [-0.3, -0.25) is 10.1 Å². The zero-order valence-electron chi connectivity index (χ0n) is 11.3. The first-order chi connectivity index (χ1) is 10.1. The summed E-state index contributed by atoms with van der Waals surface area (Å²) in [6, 6.07) is 2.89. The van der Waals surface area contributed by atoms with E-state index in [2.05, 4.69) is 16.0 Å². The molecule has 0 aromatic heterocycles. The lowest BCUT2D eigenvalue weighted by molar-refractivity contribution is -0.123. The normalized spacial score (nSPS) is 25.6. The molecule has 21 heavy (non-hydrogen) atoms. The number of benzene rings is 1. The van der Waals surface area contributed by atoms with Crippen molar-refractivity contribution in [3.05, 3.63) is 27.7 Å². The standard InChI is InChI=1S/C14H17Cl2N3O2/c15-8-1-4-11(20)12(13(8)16)9-2-3-10(19-9)14(21)18-7-5-17-6-7/h1,4,7,9-10,17,19-20H,2-3,5-6H2,(H,18,21)/t9-,10+/m1/s1. The minimum Gasteiger partial charge on any atom is -0.508 e. The third kappa shape index (κ3) is 2.97. The number of halogens is 2. The third-order valence-electron chi connectivity index (χ3n) is 4.05. The molecule has 0 saturated carbocycles. The molecule has 4 N–H and O–H groups in total. The molecule has 1 amide bonds. The maximum absolute atomic E-state index is 12.1. The molecule has 0 unspecified atom stereocenters. The van der Waals surface area contributed by atoms with Crippen molar-refractivity contribution in [2.75, 3.05) is 13.1 Å². The first kappa shape index (κ1) is 14.9. The molecule has 114 valence electrons. The van der Waals surface area contributed by atoms with Gasteiger partial charge in [-0.25, -0.2) is 0 Å². The van der Waals surface area contributed by atoms with E-state index in [-0.39, 0.29) is 29.8 Å². The average Bonchev–Trinajstić information content (AvgIpc) is 2.88. The third-order valence-corrected chi connectivity index (χ3v) is 4.87. The minimum atomic E-state index is -0.259. The molecule has 2 aliphatic rings. The van der Waals surface area contributed by atoms with E-state index < -0.39 is 0 Å². The van der Waals surface area contributed by atoms with Crippen LogP contribution in [0, 0.1) is 0 Å². The van der Waals surface area contributed by atoms with Gasteiger partial charge in [0.25, 0.3) is 0 Å². The van der Waals surface area contributed by atoms with E-state index >= 15 is 0 Å². The lowest BCUT2D eigenvalue weighted by Gasteiger charge is -2.29. The van der Waals surface area contributed by atoms with Crippen LogP contribution in [0.5, 0.6) is 5.75 Å². The van der Waals surface area contributed by atoms with E-state index in [0.717, 1.165) is 19.5 Å². The first-order valence-electron chi connectivity index (χ1n) is 7.00. The number of nitrogens with one attached hydrogen (secondary N) is 3. The number of hydrogen-bond donors (Lipinski definition) is 4. The summed E-state index contributed by atoms with van der Waals surface area (Å²) in [5.41, 5.74) is 0.574. The topological polar surface area (TPSA) is 73.4 Å². The van der Waals surface area contributed by atoms with Crippen LogP contribution in [0.25, 0.3) is 0 Å². The van der Waals surface area contributed by atoms with Gasteiger partial charge < -0.3 is 15.7 Å². The summed E-state index contributed by atoms with van der Waals surface area (Å²) in [6.45, 7) is 1.64. The fourth-order valence-corrected chi connectivity index (χ4v) is 3.21. The fraction of sp³-hybridized carbons (Fsp3) is 0.500. The van der Waals surface area contributed by atoms with Crippen molar-refractivity contribution in [2.24, 2.45) is 0 Å². The van der Waals surface area contributed by atoms with Crippen LogP contribution in [0.1, 0.15) is 24.4 Å². The molecule has 5 nitrogen and oxygen atoms in total. The summed E-state index contributed by atoms with van der Waals surface area (Å²) >= 11 is 12.2. The molecule has 2 fully saturated rings. The molecular formula is C14H17Cl2N3O2. The quantitative estimate of drug-likeness (QED) is 0.679. The predicted molar refractivity (Wildman–Crippen MR) is 81.8 cm³/mol. The number of phenols is 1. The molecule has 0 spiro atoms.